The Morgan fingerprint density at radius 2 is 2.32 bits per heavy atom. The smallest absolute Gasteiger partial charge is 0.143 e. The molecule has 1 saturated carbocycles. The van der Waals surface area contributed by atoms with Crippen molar-refractivity contribution < 1.29 is 9.84 Å². The number of aliphatic hydroxyl groups is 1. The van der Waals surface area contributed by atoms with Gasteiger partial charge in [0, 0.05) is 11.8 Å². The summed E-state index contributed by atoms with van der Waals surface area (Å²) in [5.41, 5.74) is 7.19. The fourth-order valence-corrected chi connectivity index (χ4v) is 3.05. The van der Waals surface area contributed by atoms with E-state index in [0.717, 1.165) is 24.9 Å². The first-order valence-corrected chi connectivity index (χ1v) is 6.91. The molecule has 0 heterocycles. The summed E-state index contributed by atoms with van der Waals surface area (Å²) < 4.78 is 5.23. The molecule has 0 amide bonds. The molecular formula is C15H24N2O2. The van der Waals surface area contributed by atoms with Crippen molar-refractivity contribution in [2.45, 2.75) is 38.1 Å². The molecule has 1 aliphatic rings. The molecule has 1 aromatic rings. The topological polar surface area (TPSA) is 67.5 Å². The molecule has 0 saturated heterocycles. The van der Waals surface area contributed by atoms with Gasteiger partial charge in [-0.2, -0.15) is 0 Å². The van der Waals surface area contributed by atoms with Gasteiger partial charge in [-0.3, -0.25) is 0 Å². The molecule has 0 bridgehead atoms. The third kappa shape index (κ3) is 3.13. The Morgan fingerprint density at radius 1 is 1.53 bits per heavy atom. The second-order valence-electron chi connectivity index (χ2n) is 5.72. The lowest BCUT2D eigenvalue weighted by molar-refractivity contribution is 0.149. The second-order valence-corrected chi connectivity index (χ2v) is 5.72. The highest BCUT2D eigenvalue weighted by molar-refractivity contribution is 5.62. The molecule has 19 heavy (non-hydrogen) atoms. The van der Waals surface area contributed by atoms with E-state index < -0.39 is 0 Å². The highest BCUT2D eigenvalue weighted by Crippen LogP contribution is 2.36. The van der Waals surface area contributed by atoms with Gasteiger partial charge in [-0.1, -0.05) is 19.8 Å². The molecule has 1 aliphatic carbocycles. The van der Waals surface area contributed by atoms with Crippen LogP contribution in [0.4, 0.5) is 11.4 Å². The van der Waals surface area contributed by atoms with Gasteiger partial charge in [-0.05, 0) is 30.9 Å². The molecule has 0 radical (unpaired) electrons. The minimum Gasteiger partial charge on any atom is -0.495 e. The molecule has 1 fully saturated rings. The Labute approximate surface area is 115 Å². The molecule has 4 nitrogen and oxygen atoms in total. The third-order valence-electron chi connectivity index (χ3n) is 4.04. The van der Waals surface area contributed by atoms with Crippen LogP contribution < -0.4 is 15.8 Å². The normalized spacial score (nSPS) is 27.0. The van der Waals surface area contributed by atoms with Crippen molar-refractivity contribution in [1.82, 2.24) is 0 Å². The number of methoxy groups -OCH3 is 1. The van der Waals surface area contributed by atoms with Gasteiger partial charge in [-0.25, -0.2) is 0 Å². The lowest BCUT2D eigenvalue weighted by atomic mass is 9.76. The van der Waals surface area contributed by atoms with Crippen LogP contribution in [0.5, 0.6) is 5.75 Å². The first kappa shape index (κ1) is 14.0. The fourth-order valence-electron chi connectivity index (χ4n) is 3.05. The van der Waals surface area contributed by atoms with Crippen molar-refractivity contribution in [1.29, 1.82) is 0 Å². The maximum atomic E-state index is 9.78. The van der Waals surface area contributed by atoms with Crippen LogP contribution in [0.3, 0.4) is 0 Å². The number of rotatable bonds is 4. The summed E-state index contributed by atoms with van der Waals surface area (Å²) in [7, 11) is 1.61. The minimum atomic E-state index is -0.210. The number of aliphatic hydroxyl groups excluding tert-OH is 1. The molecule has 0 aromatic heterocycles. The maximum absolute atomic E-state index is 9.78. The monoisotopic (exact) mass is 264 g/mol. The average molecular weight is 264 g/mol. The standard InChI is InChI=1S/C15H24N2O2/c1-11-4-3-7-15(9-11,10-18)17-12-5-6-13(16)14(8-12)19-2/h5-6,8,11,17-18H,3-4,7,9-10,16H2,1-2H3. The summed E-state index contributed by atoms with van der Waals surface area (Å²) >= 11 is 0. The summed E-state index contributed by atoms with van der Waals surface area (Å²) in [4.78, 5) is 0. The summed E-state index contributed by atoms with van der Waals surface area (Å²) in [5, 5.41) is 13.3. The van der Waals surface area contributed by atoms with Gasteiger partial charge in [0.1, 0.15) is 5.75 Å². The van der Waals surface area contributed by atoms with Crippen LogP contribution in [0.15, 0.2) is 18.2 Å². The average Bonchev–Trinajstić information content (AvgIpc) is 2.41. The number of ether oxygens (including phenoxy) is 1. The van der Waals surface area contributed by atoms with Crippen LogP contribution in [-0.4, -0.2) is 24.4 Å². The van der Waals surface area contributed by atoms with Gasteiger partial charge in [0.2, 0.25) is 0 Å². The van der Waals surface area contributed by atoms with Crippen molar-refractivity contribution in [2.75, 3.05) is 24.8 Å². The number of nitrogen functional groups attached to an aromatic ring is 1. The molecule has 2 unspecified atom stereocenters. The minimum absolute atomic E-state index is 0.157. The van der Waals surface area contributed by atoms with E-state index in [1.165, 1.54) is 6.42 Å². The van der Waals surface area contributed by atoms with E-state index >= 15 is 0 Å². The van der Waals surface area contributed by atoms with Crippen molar-refractivity contribution in [2.24, 2.45) is 5.92 Å². The van der Waals surface area contributed by atoms with Crippen molar-refractivity contribution in [3.05, 3.63) is 18.2 Å². The van der Waals surface area contributed by atoms with Crippen molar-refractivity contribution >= 4 is 11.4 Å². The zero-order valence-corrected chi connectivity index (χ0v) is 11.8. The van der Waals surface area contributed by atoms with Crippen LogP contribution >= 0.6 is 0 Å². The van der Waals surface area contributed by atoms with Gasteiger partial charge in [-0.15, -0.1) is 0 Å². The molecular weight excluding hydrogens is 240 g/mol. The predicted molar refractivity (Wildman–Crippen MR) is 78.5 cm³/mol. The predicted octanol–water partition coefficient (Wildman–Crippen LogP) is 2.63. The Morgan fingerprint density at radius 3 is 2.95 bits per heavy atom. The summed E-state index contributed by atoms with van der Waals surface area (Å²) in [6.45, 7) is 2.40. The van der Waals surface area contributed by atoms with Crippen LogP contribution in [0, 0.1) is 5.92 Å². The van der Waals surface area contributed by atoms with Gasteiger partial charge in [0.25, 0.3) is 0 Å². The van der Waals surface area contributed by atoms with Crippen LogP contribution in [0.25, 0.3) is 0 Å². The molecule has 1 aromatic carbocycles. The lowest BCUT2D eigenvalue weighted by Crippen LogP contribution is -2.45. The summed E-state index contributed by atoms with van der Waals surface area (Å²) in [5.74, 6) is 1.31. The van der Waals surface area contributed by atoms with Crippen LogP contribution in [0.1, 0.15) is 32.6 Å². The van der Waals surface area contributed by atoms with E-state index in [0.29, 0.717) is 17.4 Å². The maximum Gasteiger partial charge on any atom is 0.143 e. The van der Waals surface area contributed by atoms with E-state index in [1.807, 2.05) is 18.2 Å². The van der Waals surface area contributed by atoms with Crippen molar-refractivity contribution in [3.8, 4) is 5.75 Å². The quantitative estimate of drug-likeness (QED) is 0.731. The number of nitrogens with two attached hydrogens (primary N) is 1. The Hall–Kier alpha value is -1.42. The molecule has 4 N–H and O–H groups in total. The number of nitrogens with one attached hydrogen (secondary N) is 1. The van der Waals surface area contributed by atoms with E-state index in [-0.39, 0.29) is 12.1 Å². The van der Waals surface area contributed by atoms with Gasteiger partial charge < -0.3 is 20.9 Å². The highest BCUT2D eigenvalue weighted by Gasteiger charge is 2.34. The lowest BCUT2D eigenvalue weighted by Gasteiger charge is -2.40. The SMILES string of the molecule is COc1cc(NC2(CO)CCCC(C)C2)ccc1N. The molecule has 0 aliphatic heterocycles. The fraction of sp³-hybridized carbons (Fsp3) is 0.600. The number of hydrogen-bond donors (Lipinski definition) is 3. The number of hydrogen-bond acceptors (Lipinski definition) is 4. The van der Waals surface area contributed by atoms with Crippen LogP contribution in [-0.2, 0) is 0 Å². The molecule has 0 spiro atoms. The highest BCUT2D eigenvalue weighted by atomic mass is 16.5. The first-order chi connectivity index (χ1) is 9.08. The Balaban J connectivity index is 2.18. The Bertz CT molecular complexity index is 436. The largest absolute Gasteiger partial charge is 0.495 e. The molecule has 106 valence electrons. The molecule has 2 atom stereocenters. The van der Waals surface area contributed by atoms with Gasteiger partial charge in [0.05, 0.1) is 24.9 Å². The zero-order chi connectivity index (χ0) is 13.9. The molecule has 2 rings (SSSR count). The second kappa shape index (κ2) is 5.70. The number of anilines is 2. The van der Waals surface area contributed by atoms with Gasteiger partial charge in [0.15, 0.2) is 0 Å². The van der Waals surface area contributed by atoms with E-state index in [2.05, 4.69) is 12.2 Å². The van der Waals surface area contributed by atoms with E-state index in [1.54, 1.807) is 7.11 Å². The van der Waals surface area contributed by atoms with Crippen LogP contribution in [0.2, 0.25) is 0 Å². The third-order valence-corrected chi connectivity index (χ3v) is 4.04. The van der Waals surface area contributed by atoms with Gasteiger partial charge >= 0.3 is 0 Å². The zero-order valence-electron chi connectivity index (χ0n) is 11.8. The number of benzene rings is 1. The van der Waals surface area contributed by atoms with E-state index in [9.17, 15) is 5.11 Å². The molecule has 4 heteroatoms. The summed E-state index contributed by atoms with van der Waals surface area (Å²) in [6.07, 6.45) is 4.39. The van der Waals surface area contributed by atoms with Crippen molar-refractivity contribution in [3.63, 3.8) is 0 Å². The first-order valence-electron chi connectivity index (χ1n) is 6.91. The summed E-state index contributed by atoms with van der Waals surface area (Å²) in [6, 6.07) is 5.67. The Kier molecular flexibility index (Phi) is 4.20. The van der Waals surface area contributed by atoms with E-state index in [4.69, 9.17) is 10.5 Å².